The van der Waals surface area contributed by atoms with Gasteiger partial charge in [0.25, 0.3) is 0 Å². The number of H-pyrrole nitrogens is 1. The number of nitrogens with zero attached hydrogens (tertiary/aromatic N) is 4. The number of rotatable bonds is 6. The molecule has 0 radical (unpaired) electrons. The van der Waals surface area contributed by atoms with E-state index in [0.29, 0.717) is 18.6 Å². The first-order valence-corrected chi connectivity index (χ1v) is 10.1. The average Bonchev–Trinajstić information content (AvgIpc) is 3.39. The quantitative estimate of drug-likeness (QED) is 0.466. The highest BCUT2D eigenvalue weighted by atomic mass is 16.5. The molecule has 0 saturated heterocycles. The Bertz CT molecular complexity index is 1110. The van der Waals surface area contributed by atoms with E-state index in [1.165, 1.54) is 0 Å². The van der Waals surface area contributed by atoms with Crippen molar-refractivity contribution in [3.8, 4) is 11.1 Å². The minimum absolute atomic E-state index is 0.0838. The van der Waals surface area contributed by atoms with Crippen LogP contribution < -0.4 is 5.32 Å². The molecule has 1 fully saturated rings. The molecule has 0 aromatic carbocycles. The maximum atomic E-state index is 8.88. The highest BCUT2D eigenvalue weighted by molar-refractivity contribution is 5.94. The topological polar surface area (TPSA) is 100 Å². The number of fused-ring (bicyclic) bond motifs is 2. The van der Waals surface area contributed by atoms with Crippen LogP contribution in [0.5, 0.6) is 0 Å². The van der Waals surface area contributed by atoms with Gasteiger partial charge in [0.15, 0.2) is 0 Å². The van der Waals surface area contributed by atoms with Gasteiger partial charge in [-0.3, -0.25) is 0 Å². The Kier molecular flexibility index (Phi) is 4.87. The van der Waals surface area contributed by atoms with Crippen molar-refractivity contribution in [2.75, 3.05) is 18.5 Å². The summed E-state index contributed by atoms with van der Waals surface area (Å²) in [6.45, 7) is 0.506. The first-order chi connectivity index (χ1) is 14.3. The van der Waals surface area contributed by atoms with E-state index >= 15 is 0 Å². The number of pyridine rings is 1. The number of aliphatic hydroxyl groups is 1. The van der Waals surface area contributed by atoms with Gasteiger partial charge in [0.2, 0.25) is 5.95 Å². The van der Waals surface area contributed by atoms with E-state index in [-0.39, 0.29) is 12.7 Å². The van der Waals surface area contributed by atoms with Gasteiger partial charge in [-0.15, -0.1) is 0 Å². The van der Waals surface area contributed by atoms with Crippen LogP contribution in [0.4, 0.5) is 5.95 Å². The fraction of sp³-hybridized carbons (Fsp3) is 0.381. The summed E-state index contributed by atoms with van der Waals surface area (Å²) < 4.78 is 7.48. The second-order valence-corrected chi connectivity index (χ2v) is 7.49. The molecule has 1 aliphatic rings. The number of aromatic nitrogens is 5. The Morgan fingerprint density at radius 2 is 2.14 bits per heavy atom. The zero-order chi connectivity index (χ0) is 19.6. The summed E-state index contributed by atoms with van der Waals surface area (Å²) >= 11 is 0. The van der Waals surface area contributed by atoms with Crippen LogP contribution in [0.1, 0.15) is 25.7 Å². The molecule has 0 aliphatic heterocycles. The molecule has 4 heterocycles. The predicted molar refractivity (Wildman–Crippen MR) is 111 cm³/mol. The van der Waals surface area contributed by atoms with E-state index in [1.807, 2.05) is 35.2 Å². The maximum Gasteiger partial charge on any atom is 0.224 e. The fourth-order valence-corrected chi connectivity index (χ4v) is 4.08. The molecule has 0 atom stereocenters. The first-order valence-electron chi connectivity index (χ1n) is 10.1. The second-order valence-electron chi connectivity index (χ2n) is 7.49. The van der Waals surface area contributed by atoms with E-state index < -0.39 is 0 Å². The van der Waals surface area contributed by atoms with Crippen LogP contribution in [0.15, 0.2) is 43.0 Å². The molecule has 0 unspecified atom stereocenters. The van der Waals surface area contributed by atoms with E-state index in [4.69, 9.17) is 9.84 Å². The highest BCUT2D eigenvalue weighted by Crippen LogP contribution is 2.29. The third-order valence-electron chi connectivity index (χ3n) is 5.60. The molecule has 29 heavy (non-hydrogen) atoms. The Balaban J connectivity index is 1.30. The Hall–Kier alpha value is -2.97. The summed E-state index contributed by atoms with van der Waals surface area (Å²) in [4.78, 5) is 12.5. The zero-order valence-corrected chi connectivity index (χ0v) is 16.1. The molecule has 0 amide bonds. The first kappa shape index (κ1) is 18.1. The molecule has 150 valence electrons. The van der Waals surface area contributed by atoms with E-state index in [1.54, 1.807) is 6.20 Å². The van der Waals surface area contributed by atoms with Gasteiger partial charge in [-0.2, -0.15) is 10.1 Å². The summed E-state index contributed by atoms with van der Waals surface area (Å²) in [5.74, 6) is 0.650. The summed E-state index contributed by atoms with van der Waals surface area (Å²) in [6, 6.07) is 6.49. The minimum atomic E-state index is 0.0838. The van der Waals surface area contributed by atoms with Crippen molar-refractivity contribution >= 4 is 22.5 Å². The summed E-state index contributed by atoms with van der Waals surface area (Å²) in [6.07, 6.45) is 11.9. The Morgan fingerprint density at radius 3 is 3.00 bits per heavy atom. The number of nitrogens with one attached hydrogen (secondary N) is 2. The van der Waals surface area contributed by atoms with Crippen LogP contribution in [0.2, 0.25) is 0 Å². The van der Waals surface area contributed by atoms with Gasteiger partial charge in [0, 0.05) is 41.8 Å². The Labute approximate surface area is 167 Å². The molecule has 4 aromatic rings. The van der Waals surface area contributed by atoms with Crippen LogP contribution in [-0.2, 0) is 4.74 Å². The molecular weight excluding hydrogens is 368 g/mol. The average molecular weight is 392 g/mol. The monoisotopic (exact) mass is 392 g/mol. The molecule has 5 rings (SSSR count). The van der Waals surface area contributed by atoms with Crippen molar-refractivity contribution in [1.29, 1.82) is 0 Å². The van der Waals surface area contributed by atoms with E-state index in [0.717, 1.165) is 53.4 Å². The van der Waals surface area contributed by atoms with Gasteiger partial charge in [0.1, 0.15) is 5.65 Å². The smallest absolute Gasteiger partial charge is 0.224 e. The Morgan fingerprint density at radius 1 is 1.24 bits per heavy atom. The van der Waals surface area contributed by atoms with Crippen molar-refractivity contribution in [2.24, 2.45) is 0 Å². The van der Waals surface area contributed by atoms with Gasteiger partial charge in [-0.05, 0) is 49.4 Å². The highest BCUT2D eigenvalue weighted by Gasteiger charge is 2.22. The largest absolute Gasteiger partial charge is 0.394 e. The van der Waals surface area contributed by atoms with Crippen LogP contribution in [-0.4, -0.2) is 55.0 Å². The minimum Gasteiger partial charge on any atom is -0.394 e. The lowest BCUT2D eigenvalue weighted by molar-refractivity contribution is 0.00719. The van der Waals surface area contributed by atoms with Crippen LogP contribution in [0.3, 0.4) is 0 Å². The molecule has 1 aliphatic carbocycles. The fourth-order valence-electron chi connectivity index (χ4n) is 4.08. The predicted octanol–water partition coefficient (Wildman–Crippen LogP) is 3.00. The summed E-state index contributed by atoms with van der Waals surface area (Å²) in [5.41, 5.74) is 4.06. The molecule has 3 N–H and O–H groups in total. The lowest BCUT2D eigenvalue weighted by atomic mass is 9.93. The SMILES string of the molecule is OCCO[C@H]1CC[C@H](Nc2ncc3c(-c4ccn5nccc5c4)c[nH]c3n2)CC1. The van der Waals surface area contributed by atoms with E-state index in [2.05, 4.69) is 31.4 Å². The lowest BCUT2D eigenvalue weighted by Crippen LogP contribution is -2.30. The molecule has 8 nitrogen and oxygen atoms in total. The van der Waals surface area contributed by atoms with E-state index in [9.17, 15) is 0 Å². The van der Waals surface area contributed by atoms with Crippen molar-refractivity contribution in [1.82, 2.24) is 24.6 Å². The van der Waals surface area contributed by atoms with Gasteiger partial charge in [-0.25, -0.2) is 9.50 Å². The third-order valence-corrected chi connectivity index (χ3v) is 5.60. The third kappa shape index (κ3) is 3.68. The second kappa shape index (κ2) is 7.81. The molecule has 8 heteroatoms. The number of hydrogen-bond donors (Lipinski definition) is 3. The zero-order valence-electron chi connectivity index (χ0n) is 16.1. The van der Waals surface area contributed by atoms with Gasteiger partial charge >= 0.3 is 0 Å². The van der Waals surface area contributed by atoms with Gasteiger partial charge in [0.05, 0.1) is 24.8 Å². The van der Waals surface area contributed by atoms with Crippen LogP contribution in [0.25, 0.3) is 27.7 Å². The molecule has 1 saturated carbocycles. The van der Waals surface area contributed by atoms with Crippen LogP contribution >= 0.6 is 0 Å². The normalized spacial score (nSPS) is 19.8. The standard InChI is InChI=1S/C21H24N6O2/c28-9-10-29-17-3-1-15(2-4-17)25-21-23-13-19-18(12-22-20(19)26-21)14-6-8-27-16(11-14)5-7-24-27/h5-8,11-13,15,17,28H,1-4,9-10H2,(H2,22,23,25,26)/t15-,17-. The van der Waals surface area contributed by atoms with Crippen molar-refractivity contribution in [3.63, 3.8) is 0 Å². The number of ether oxygens (including phenoxy) is 1. The maximum absolute atomic E-state index is 8.88. The van der Waals surface area contributed by atoms with Crippen molar-refractivity contribution in [3.05, 3.63) is 43.0 Å². The molecular formula is C21H24N6O2. The number of aliphatic hydroxyl groups excluding tert-OH is 1. The summed E-state index contributed by atoms with van der Waals surface area (Å²) in [7, 11) is 0. The van der Waals surface area contributed by atoms with Gasteiger partial charge < -0.3 is 20.1 Å². The lowest BCUT2D eigenvalue weighted by Gasteiger charge is -2.28. The van der Waals surface area contributed by atoms with Crippen molar-refractivity contribution in [2.45, 2.75) is 37.8 Å². The molecule has 4 aromatic heterocycles. The van der Waals surface area contributed by atoms with Gasteiger partial charge in [-0.1, -0.05) is 0 Å². The molecule has 0 bridgehead atoms. The number of aromatic amines is 1. The van der Waals surface area contributed by atoms with Crippen molar-refractivity contribution < 1.29 is 9.84 Å². The number of anilines is 1. The van der Waals surface area contributed by atoms with Crippen LogP contribution in [0, 0.1) is 0 Å². The number of hydrogen-bond acceptors (Lipinski definition) is 6. The molecule has 0 spiro atoms. The summed E-state index contributed by atoms with van der Waals surface area (Å²) in [5, 5.41) is 17.6.